The van der Waals surface area contributed by atoms with E-state index in [2.05, 4.69) is 13.8 Å². The fourth-order valence-corrected chi connectivity index (χ4v) is 6.68. The van der Waals surface area contributed by atoms with Crippen LogP contribution < -0.4 is 0 Å². The minimum absolute atomic E-state index is 0.186. The summed E-state index contributed by atoms with van der Waals surface area (Å²) in [5.41, 5.74) is 0.648. The number of carbonyl (C=O) groups excluding carboxylic acids is 4. The quantitative estimate of drug-likeness (QED) is 0.0300. The van der Waals surface area contributed by atoms with Crippen molar-refractivity contribution in [2.45, 2.75) is 193 Å². The minimum Gasteiger partial charge on any atom is -0.481 e. The van der Waals surface area contributed by atoms with E-state index in [1.165, 1.54) is 115 Å². The number of carbonyl (C=O) groups is 5. The molecule has 1 aliphatic heterocycles. The van der Waals surface area contributed by atoms with Crippen molar-refractivity contribution in [3.63, 3.8) is 0 Å². The molecule has 57 heavy (non-hydrogen) atoms. The van der Waals surface area contributed by atoms with E-state index in [0.29, 0.717) is 5.56 Å². The topological polar surface area (TPSA) is 161 Å². The average Bonchev–Trinajstić information content (AvgIpc) is 3.66. The van der Waals surface area contributed by atoms with Gasteiger partial charge in [-0.05, 0) is 25.0 Å². The maximum Gasteiger partial charge on any atom is 0.338 e. The van der Waals surface area contributed by atoms with Gasteiger partial charge >= 0.3 is 29.8 Å². The number of hydrogen-bond donors (Lipinski definition) is 1. The summed E-state index contributed by atoms with van der Waals surface area (Å²) in [5.74, 6) is -4.31. The molecule has 0 aliphatic carbocycles. The van der Waals surface area contributed by atoms with E-state index in [1.54, 1.807) is 12.1 Å². The first-order chi connectivity index (χ1) is 27.8. The summed E-state index contributed by atoms with van der Waals surface area (Å²) in [5, 5.41) is 8.62. The Morgan fingerprint density at radius 2 is 0.860 bits per heavy atom. The van der Waals surface area contributed by atoms with E-state index in [0.717, 1.165) is 51.4 Å². The number of aliphatic carboxylic acids is 1. The van der Waals surface area contributed by atoms with Crippen LogP contribution in [0.1, 0.15) is 197 Å². The number of carboxylic acid groups (broad SMARTS) is 1. The van der Waals surface area contributed by atoms with Crippen molar-refractivity contribution >= 4 is 29.8 Å². The summed E-state index contributed by atoms with van der Waals surface area (Å²) >= 11 is 0. The molecule has 0 spiro atoms. The molecule has 1 saturated heterocycles. The Morgan fingerprint density at radius 3 is 1.25 bits per heavy atom. The van der Waals surface area contributed by atoms with E-state index >= 15 is 0 Å². The van der Waals surface area contributed by atoms with Crippen LogP contribution in [0.15, 0.2) is 24.3 Å². The molecule has 2 unspecified atom stereocenters. The molecule has 1 aliphatic rings. The second kappa shape index (κ2) is 32.4. The van der Waals surface area contributed by atoms with Crippen molar-refractivity contribution in [3.05, 3.63) is 35.4 Å². The van der Waals surface area contributed by atoms with Crippen LogP contribution in [0.2, 0.25) is 0 Å². The van der Waals surface area contributed by atoms with Crippen molar-refractivity contribution in [2.24, 2.45) is 0 Å². The monoisotopic (exact) mass is 805 g/mol. The second-order valence-corrected chi connectivity index (χ2v) is 15.1. The van der Waals surface area contributed by atoms with Gasteiger partial charge < -0.3 is 33.5 Å². The molecule has 324 valence electrons. The van der Waals surface area contributed by atoms with E-state index in [1.807, 2.05) is 0 Å². The normalized spacial score (nSPS) is 16.3. The van der Waals surface area contributed by atoms with Gasteiger partial charge in [0.2, 0.25) is 0 Å². The lowest BCUT2D eigenvalue weighted by molar-refractivity contribution is -0.163. The van der Waals surface area contributed by atoms with Crippen LogP contribution in [-0.2, 0) is 47.6 Å². The highest BCUT2D eigenvalue weighted by atomic mass is 16.8. The number of unbranched alkanes of at least 4 members (excludes halogenated alkanes) is 22. The third-order valence-corrected chi connectivity index (χ3v) is 10.1. The highest BCUT2D eigenvalue weighted by molar-refractivity contribution is 5.90. The lowest BCUT2D eigenvalue weighted by Gasteiger charge is -2.15. The molecule has 1 heterocycles. The van der Waals surface area contributed by atoms with Crippen LogP contribution in [0.4, 0.5) is 0 Å². The van der Waals surface area contributed by atoms with Gasteiger partial charge in [-0.3, -0.25) is 9.59 Å². The molecule has 1 fully saturated rings. The fraction of sp³-hybridized carbons (Fsp3) is 0.756. The van der Waals surface area contributed by atoms with Gasteiger partial charge in [-0.2, -0.15) is 0 Å². The lowest BCUT2D eigenvalue weighted by Crippen LogP contribution is -2.39. The highest BCUT2D eigenvalue weighted by Gasteiger charge is 2.47. The molecule has 1 aromatic rings. The maximum atomic E-state index is 13.2. The van der Waals surface area contributed by atoms with Gasteiger partial charge in [-0.15, -0.1) is 0 Å². The first-order valence-corrected chi connectivity index (χ1v) is 22.1. The van der Waals surface area contributed by atoms with Gasteiger partial charge in [-0.1, -0.05) is 167 Å². The molecule has 12 nitrogen and oxygen atoms in total. The predicted octanol–water partition coefficient (Wildman–Crippen LogP) is 10.1. The largest absolute Gasteiger partial charge is 0.481 e. The number of rotatable bonds is 35. The number of ether oxygens (including phenoxy) is 6. The molecule has 0 amide bonds. The molecule has 0 aromatic heterocycles. The number of esters is 4. The minimum atomic E-state index is -1.32. The average molecular weight is 805 g/mol. The van der Waals surface area contributed by atoms with E-state index < -0.39 is 54.8 Å². The summed E-state index contributed by atoms with van der Waals surface area (Å²) < 4.78 is 32.8. The maximum absolute atomic E-state index is 13.2. The number of benzene rings is 1. The Kier molecular flexibility index (Phi) is 28.3. The number of carboxylic acids is 1. The van der Waals surface area contributed by atoms with Crippen molar-refractivity contribution in [2.75, 3.05) is 26.4 Å². The zero-order valence-electron chi connectivity index (χ0n) is 35.0. The Bertz CT molecular complexity index is 1200. The van der Waals surface area contributed by atoms with Crippen molar-refractivity contribution in [3.8, 4) is 0 Å². The summed E-state index contributed by atoms with van der Waals surface area (Å²) in [6.07, 6.45) is 24.1. The third-order valence-electron chi connectivity index (χ3n) is 10.1. The van der Waals surface area contributed by atoms with Crippen LogP contribution in [0.3, 0.4) is 0 Å². The predicted molar refractivity (Wildman–Crippen MR) is 216 cm³/mol. The lowest BCUT2D eigenvalue weighted by atomic mass is 10.1. The van der Waals surface area contributed by atoms with E-state index in [4.69, 9.17) is 33.5 Å². The molecule has 0 saturated carbocycles. The second-order valence-electron chi connectivity index (χ2n) is 15.1. The Labute approximate surface area is 341 Å². The van der Waals surface area contributed by atoms with Crippen LogP contribution in [0.5, 0.6) is 0 Å². The van der Waals surface area contributed by atoms with Crippen LogP contribution in [-0.4, -0.2) is 73.6 Å². The Morgan fingerprint density at radius 1 is 0.491 bits per heavy atom. The van der Waals surface area contributed by atoms with Crippen LogP contribution in [0, 0.1) is 0 Å². The molecule has 12 heteroatoms. The highest BCUT2D eigenvalue weighted by Crippen LogP contribution is 2.33. The van der Waals surface area contributed by atoms with Crippen molar-refractivity contribution < 1.29 is 57.5 Å². The van der Waals surface area contributed by atoms with E-state index in [-0.39, 0.29) is 32.0 Å². The van der Waals surface area contributed by atoms with Gasteiger partial charge in [0, 0.05) is 5.56 Å². The summed E-state index contributed by atoms with van der Waals surface area (Å²) in [7, 11) is 0. The van der Waals surface area contributed by atoms with Crippen molar-refractivity contribution in [1.29, 1.82) is 0 Å². The van der Waals surface area contributed by atoms with Gasteiger partial charge in [-0.25, -0.2) is 14.4 Å². The standard InChI is InChI=1S/C45H72O12/c1-3-5-7-9-11-13-15-17-19-21-23-25-31-53-43(50)40-41(44(51)54-32-26-24-22-20-18-16-14-12-10-8-6-4-2)57-45(56-40)37-29-27-36(28-30-37)42(49)55-34-33-52-39(48)35-38(46)47/h27-30,40-41,45H,3-26,31-35H2,1-2H3,(H,46,47). The first-order valence-electron chi connectivity index (χ1n) is 22.1. The third kappa shape index (κ3) is 23.5. The molecule has 0 radical (unpaired) electrons. The zero-order chi connectivity index (χ0) is 41.4. The van der Waals surface area contributed by atoms with Crippen LogP contribution >= 0.6 is 0 Å². The fourth-order valence-electron chi connectivity index (χ4n) is 6.68. The molecule has 1 aromatic carbocycles. The molecule has 2 atom stereocenters. The van der Waals surface area contributed by atoms with Gasteiger partial charge in [0.15, 0.2) is 18.5 Å². The molecule has 1 N–H and O–H groups in total. The van der Waals surface area contributed by atoms with Crippen LogP contribution in [0.25, 0.3) is 0 Å². The summed E-state index contributed by atoms with van der Waals surface area (Å²) in [4.78, 5) is 60.9. The smallest absolute Gasteiger partial charge is 0.338 e. The van der Waals surface area contributed by atoms with Gasteiger partial charge in [0.1, 0.15) is 19.6 Å². The molecule has 0 bridgehead atoms. The summed E-state index contributed by atoms with van der Waals surface area (Å²) in [6.45, 7) is 4.37. The van der Waals surface area contributed by atoms with Gasteiger partial charge in [0.05, 0.1) is 18.8 Å². The molecule has 2 rings (SSSR count). The molecular weight excluding hydrogens is 732 g/mol. The van der Waals surface area contributed by atoms with E-state index in [9.17, 15) is 24.0 Å². The Hall–Kier alpha value is -3.51. The van der Waals surface area contributed by atoms with Gasteiger partial charge in [0.25, 0.3) is 0 Å². The zero-order valence-corrected chi connectivity index (χ0v) is 35.0. The Balaban J connectivity index is 1.82. The van der Waals surface area contributed by atoms with Crippen molar-refractivity contribution in [1.82, 2.24) is 0 Å². The number of hydrogen-bond acceptors (Lipinski definition) is 11. The summed E-state index contributed by atoms with van der Waals surface area (Å²) in [6, 6.07) is 6.06. The SMILES string of the molecule is CCCCCCCCCCCCCCOC(=O)C1OC(c2ccc(C(=O)OCCOC(=O)CC(=O)O)cc2)OC1C(=O)OCCCCCCCCCCCCCC. The molecular formula is C45H72O12. The first kappa shape index (κ1) is 49.6.